The lowest BCUT2D eigenvalue weighted by Gasteiger charge is -2.36. The largest absolute Gasteiger partial charge is 0.506 e. The Kier molecular flexibility index (Phi) is 5.78. The molecule has 0 amide bonds. The molecule has 2 aliphatic rings. The molecule has 4 rings (SSSR count). The van der Waals surface area contributed by atoms with Crippen LogP contribution in [0.5, 0.6) is 0 Å². The normalized spacial score (nSPS) is 21.3. The number of aliphatic hydroxyl groups is 2. The Labute approximate surface area is 197 Å². The predicted molar refractivity (Wildman–Crippen MR) is 128 cm³/mol. The summed E-state index contributed by atoms with van der Waals surface area (Å²) in [5, 5.41) is 23.2. The third-order valence-corrected chi connectivity index (χ3v) is 7.76. The Morgan fingerprint density at radius 1 is 1.18 bits per heavy atom. The van der Waals surface area contributed by atoms with Crippen molar-refractivity contribution in [3.05, 3.63) is 59.2 Å². The minimum Gasteiger partial charge on any atom is -0.506 e. The zero-order chi connectivity index (χ0) is 24.9. The summed E-state index contributed by atoms with van der Waals surface area (Å²) in [6.45, 7) is 1.55. The molecule has 0 bridgehead atoms. The smallest absolute Gasteiger partial charge is 0.286 e. The summed E-state index contributed by atoms with van der Waals surface area (Å²) >= 11 is 0. The van der Waals surface area contributed by atoms with Crippen LogP contribution < -0.4 is 10.0 Å². The zero-order valence-electron chi connectivity index (χ0n) is 18.4. The lowest BCUT2D eigenvalue weighted by atomic mass is 9.67. The number of ketones is 1. The number of sulfonamides is 2. The number of benzene rings is 2. The van der Waals surface area contributed by atoms with Crippen LogP contribution >= 0.6 is 0 Å². The maximum Gasteiger partial charge on any atom is 0.286 e. The maximum absolute atomic E-state index is 13.7. The number of hydrogen-bond acceptors (Lipinski definition) is 8. The van der Waals surface area contributed by atoms with Crippen molar-refractivity contribution < 1.29 is 31.8 Å². The summed E-state index contributed by atoms with van der Waals surface area (Å²) in [6, 6.07) is 10.6. The van der Waals surface area contributed by atoms with E-state index < -0.39 is 37.0 Å². The number of hydrogen-bond donors (Lipinski definition) is 4. The summed E-state index contributed by atoms with van der Waals surface area (Å²) in [4.78, 5) is 13.4. The van der Waals surface area contributed by atoms with E-state index in [1.807, 2.05) is 0 Å². The van der Waals surface area contributed by atoms with Gasteiger partial charge in [0, 0.05) is 17.9 Å². The Balaban J connectivity index is 1.85. The van der Waals surface area contributed by atoms with Gasteiger partial charge in [-0.05, 0) is 43.5 Å². The van der Waals surface area contributed by atoms with Crippen LogP contribution in [0.25, 0.3) is 5.76 Å². The maximum atomic E-state index is 13.7. The van der Waals surface area contributed by atoms with Gasteiger partial charge in [0.15, 0.2) is 11.6 Å². The third kappa shape index (κ3) is 4.08. The van der Waals surface area contributed by atoms with Gasteiger partial charge in [0.2, 0.25) is 10.0 Å². The topological polar surface area (TPSA) is 162 Å². The van der Waals surface area contributed by atoms with E-state index >= 15 is 0 Å². The second-order valence-electron chi connectivity index (χ2n) is 8.38. The Hall–Kier alpha value is -3.22. The van der Waals surface area contributed by atoms with Crippen molar-refractivity contribution in [1.82, 2.24) is 0 Å². The minimum atomic E-state index is -4.34. The van der Waals surface area contributed by atoms with Crippen LogP contribution in [0.2, 0.25) is 0 Å². The molecular formula is C22H23N3O7S2. The van der Waals surface area contributed by atoms with E-state index in [9.17, 15) is 31.8 Å². The van der Waals surface area contributed by atoms with Crippen LogP contribution in [0.4, 0.5) is 11.4 Å². The summed E-state index contributed by atoms with van der Waals surface area (Å²) in [5.74, 6) is -1.26. The van der Waals surface area contributed by atoms with Crippen LogP contribution in [0.1, 0.15) is 30.9 Å². The summed E-state index contributed by atoms with van der Waals surface area (Å²) < 4.78 is 54.9. The number of aliphatic hydroxyl groups excluding tert-OH is 2. The lowest BCUT2D eigenvalue weighted by Crippen LogP contribution is -2.42. The van der Waals surface area contributed by atoms with Gasteiger partial charge >= 0.3 is 0 Å². The van der Waals surface area contributed by atoms with E-state index in [0.29, 0.717) is 17.5 Å². The van der Waals surface area contributed by atoms with Crippen molar-refractivity contribution in [3.63, 3.8) is 0 Å². The Bertz CT molecular complexity index is 1480. The van der Waals surface area contributed by atoms with Gasteiger partial charge in [-0.25, -0.2) is 8.42 Å². The number of nitrogens with one attached hydrogen (secondary N) is 2. The number of Topliss-reactive ketones (excluding diaryl/α,β-unsaturated/α-hetero) is 1. The number of rotatable bonds is 6. The summed E-state index contributed by atoms with van der Waals surface area (Å²) in [6.07, 6.45) is 1.53. The summed E-state index contributed by atoms with van der Waals surface area (Å²) in [7, 11) is -7.98. The molecule has 1 unspecified atom stereocenters. The van der Waals surface area contributed by atoms with Gasteiger partial charge in [-0.1, -0.05) is 24.3 Å². The third-order valence-electron chi connectivity index (χ3n) is 5.84. The number of carbonyl (C=O) groups excluding carboxylic acids is 1. The highest BCUT2D eigenvalue weighted by atomic mass is 32.2. The highest BCUT2D eigenvalue weighted by Crippen LogP contribution is 2.43. The standard InChI is InChI=1S/C22H23N3O7S2/c1-22(10-5-11-26)15-7-4-3-6-14(15)19(27)18(20(22)28)21-23-16-9-8-13(24-33(2,29)30)12-17(16)34(31,32)25-21/h3-4,6-9,12,24,26-27H,5,10-11H2,1-2H3,(H,23,25). The molecule has 2 aromatic rings. The molecule has 1 heterocycles. The fourth-order valence-corrected chi connectivity index (χ4v) is 5.96. The van der Waals surface area contributed by atoms with Crippen LogP contribution in [-0.2, 0) is 30.3 Å². The average Bonchev–Trinajstić information content (AvgIpc) is 2.76. The van der Waals surface area contributed by atoms with Crippen molar-refractivity contribution >= 4 is 48.8 Å². The Morgan fingerprint density at radius 2 is 1.88 bits per heavy atom. The molecule has 1 atom stereocenters. The van der Waals surface area contributed by atoms with E-state index in [1.165, 1.54) is 12.1 Å². The lowest BCUT2D eigenvalue weighted by molar-refractivity contribution is -0.120. The van der Waals surface area contributed by atoms with Crippen LogP contribution in [0.15, 0.2) is 57.3 Å². The van der Waals surface area contributed by atoms with Gasteiger partial charge in [0.1, 0.15) is 16.2 Å². The van der Waals surface area contributed by atoms with Crippen molar-refractivity contribution in [1.29, 1.82) is 0 Å². The molecule has 34 heavy (non-hydrogen) atoms. The van der Waals surface area contributed by atoms with Gasteiger partial charge in [0.05, 0.1) is 17.4 Å². The zero-order valence-corrected chi connectivity index (χ0v) is 20.0. The molecule has 0 radical (unpaired) electrons. The molecule has 1 aliphatic carbocycles. The molecule has 4 N–H and O–H groups in total. The molecule has 12 heteroatoms. The number of nitrogens with zero attached hydrogens (tertiary/aromatic N) is 1. The fraction of sp³-hybridized carbons (Fsp3) is 0.273. The van der Waals surface area contributed by atoms with E-state index in [4.69, 9.17) is 0 Å². The monoisotopic (exact) mass is 505 g/mol. The van der Waals surface area contributed by atoms with Crippen molar-refractivity contribution in [2.45, 2.75) is 30.1 Å². The second-order valence-corrected chi connectivity index (χ2v) is 11.7. The van der Waals surface area contributed by atoms with Crippen LogP contribution in [0, 0.1) is 0 Å². The molecule has 2 aromatic carbocycles. The van der Waals surface area contributed by atoms with Gasteiger partial charge in [-0.2, -0.15) is 8.42 Å². The summed E-state index contributed by atoms with van der Waals surface area (Å²) in [5.41, 5.74) is -0.339. The fourth-order valence-electron chi connectivity index (χ4n) is 4.26. The van der Waals surface area contributed by atoms with Crippen LogP contribution in [-0.4, -0.2) is 51.5 Å². The number of amidine groups is 1. The first-order valence-electron chi connectivity index (χ1n) is 10.3. The molecule has 0 spiro atoms. The second kappa shape index (κ2) is 8.22. The highest BCUT2D eigenvalue weighted by molar-refractivity contribution is 7.92. The first-order chi connectivity index (χ1) is 15.9. The number of fused-ring (bicyclic) bond motifs is 2. The van der Waals surface area contributed by atoms with E-state index in [1.54, 1.807) is 31.2 Å². The molecular weight excluding hydrogens is 482 g/mol. The van der Waals surface area contributed by atoms with E-state index in [2.05, 4.69) is 14.4 Å². The highest BCUT2D eigenvalue weighted by Gasteiger charge is 2.46. The van der Waals surface area contributed by atoms with Crippen molar-refractivity contribution in [2.24, 2.45) is 4.40 Å². The molecule has 0 saturated heterocycles. The average molecular weight is 506 g/mol. The predicted octanol–water partition coefficient (Wildman–Crippen LogP) is 2.15. The van der Waals surface area contributed by atoms with Crippen LogP contribution in [0.3, 0.4) is 0 Å². The van der Waals surface area contributed by atoms with Gasteiger partial charge in [-0.3, -0.25) is 9.52 Å². The molecule has 0 aromatic heterocycles. The molecule has 180 valence electrons. The SMILES string of the molecule is CC1(CCCO)C(=O)C(C2=NS(=O)(=O)c3cc(NS(C)(=O)=O)ccc3N2)=C(O)c2ccccc21. The van der Waals surface area contributed by atoms with Gasteiger partial charge in [0.25, 0.3) is 10.0 Å². The first-order valence-corrected chi connectivity index (χ1v) is 13.6. The molecule has 1 aliphatic heterocycles. The Morgan fingerprint density at radius 3 is 2.56 bits per heavy atom. The number of anilines is 2. The van der Waals surface area contributed by atoms with Gasteiger partial charge < -0.3 is 15.5 Å². The molecule has 10 nitrogen and oxygen atoms in total. The van der Waals surface area contributed by atoms with Gasteiger partial charge in [-0.15, -0.1) is 4.40 Å². The quantitative estimate of drug-likeness (QED) is 0.464. The first kappa shape index (κ1) is 23.9. The van der Waals surface area contributed by atoms with Crippen molar-refractivity contribution in [2.75, 3.05) is 22.9 Å². The molecule has 0 saturated carbocycles. The van der Waals surface area contributed by atoms with E-state index in [-0.39, 0.29) is 40.7 Å². The number of carbonyl (C=O) groups is 1. The van der Waals surface area contributed by atoms with E-state index in [0.717, 1.165) is 12.3 Å². The van der Waals surface area contributed by atoms with Crippen molar-refractivity contribution in [3.8, 4) is 0 Å². The minimum absolute atomic E-state index is 0.0339. The molecule has 0 fully saturated rings.